The molecule has 8 heteroatoms. The van der Waals surface area contributed by atoms with Gasteiger partial charge in [0.05, 0.1) is 27.2 Å². The minimum atomic E-state index is -3.32. The first-order chi connectivity index (χ1) is 14.3. The first-order valence-electron chi connectivity index (χ1n) is 9.04. The smallest absolute Gasteiger partial charge is 0.261 e. The van der Waals surface area contributed by atoms with E-state index in [1.165, 1.54) is 17.6 Å². The van der Waals surface area contributed by atoms with E-state index in [-0.39, 0.29) is 10.8 Å². The molecule has 0 fully saturated rings. The average Bonchev–Trinajstić information content (AvgIpc) is 3.15. The number of benzene rings is 3. The minimum absolute atomic E-state index is 0.147. The van der Waals surface area contributed by atoms with Crippen LogP contribution in [0, 0.1) is 3.57 Å². The Kier molecular flexibility index (Phi) is 5.90. The fraction of sp³-hybridized carbons (Fsp3) is 0.0909. The molecule has 0 unspecified atom stereocenters. The van der Waals surface area contributed by atoms with Gasteiger partial charge in [0.2, 0.25) is 0 Å². The Labute approximate surface area is 192 Å². The van der Waals surface area contributed by atoms with Crippen molar-refractivity contribution in [3.63, 3.8) is 0 Å². The van der Waals surface area contributed by atoms with Gasteiger partial charge in [-0.15, -0.1) is 0 Å². The quantitative estimate of drug-likeness (QED) is 0.324. The summed E-state index contributed by atoms with van der Waals surface area (Å²) in [5.74, 6) is -0.147. The number of carbonyl (C=O) groups is 1. The van der Waals surface area contributed by atoms with Crippen molar-refractivity contribution in [2.75, 3.05) is 11.2 Å². The van der Waals surface area contributed by atoms with Crippen molar-refractivity contribution >= 4 is 65.0 Å². The van der Waals surface area contributed by atoms with Gasteiger partial charge in [-0.1, -0.05) is 53.8 Å². The molecule has 4 aromatic rings. The van der Waals surface area contributed by atoms with Crippen LogP contribution in [0.2, 0.25) is 0 Å². The van der Waals surface area contributed by atoms with E-state index in [2.05, 4.69) is 27.6 Å². The molecule has 0 atom stereocenters. The number of rotatable bonds is 5. The zero-order chi connectivity index (χ0) is 21.3. The molecule has 0 radical (unpaired) electrons. The number of halogens is 1. The standard InChI is InChI=1S/C22H17IN2O3S2/c1-30(27,28)16-11-12-19-20(13-16)29-22(24-19)25(14-15-7-3-2-4-8-15)21(26)17-9-5-6-10-18(17)23/h2-13H,14H2,1H3. The summed E-state index contributed by atoms with van der Waals surface area (Å²) in [6.45, 7) is 0.364. The van der Waals surface area contributed by atoms with E-state index >= 15 is 0 Å². The third-order valence-corrected chi connectivity index (χ3v) is 7.63. The molecule has 0 aliphatic heterocycles. The van der Waals surface area contributed by atoms with Crippen molar-refractivity contribution in [3.8, 4) is 0 Å². The fourth-order valence-corrected chi connectivity index (χ4v) is 5.35. The predicted octanol–water partition coefficient (Wildman–Crippen LogP) is 5.15. The average molecular weight is 548 g/mol. The van der Waals surface area contributed by atoms with E-state index in [0.717, 1.165) is 13.8 Å². The zero-order valence-electron chi connectivity index (χ0n) is 15.9. The van der Waals surface area contributed by atoms with Crippen molar-refractivity contribution in [1.82, 2.24) is 4.98 Å². The van der Waals surface area contributed by atoms with E-state index in [9.17, 15) is 13.2 Å². The third-order valence-electron chi connectivity index (χ3n) is 4.54. The molecule has 30 heavy (non-hydrogen) atoms. The van der Waals surface area contributed by atoms with Gasteiger partial charge in [0.25, 0.3) is 5.91 Å². The van der Waals surface area contributed by atoms with E-state index in [1.807, 2.05) is 48.5 Å². The number of nitrogens with zero attached hydrogens (tertiary/aromatic N) is 2. The Hall–Kier alpha value is -2.30. The van der Waals surface area contributed by atoms with Crippen LogP contribution < -0.4 is 4.90 Å². The monoisotopic (exact) mass is 548 g/mol. The number of carbonyl (C=O) groups excluding carboxylic acids is 1. The summed E-state index contributed by atoms with van der Waals surface area (Å²) in [4.78, 5) is 20.0. The van der Waals surface area contributed by atoms with Crippen molar-refractivity contribution in [2.24, 2.45) is 0 Å². The molecule has 4 rings (SSSR count). The van der Waals surface area contributed by atoms with Crippen LogP contribution >= 0.6 is 33.9 Å². The highest BCUT2D eigenvalue weighted by atomic mass is 127. The number of hydrogen-bond donors (Lipinski definition) is 0. The Balaban J connectivity index is 1.81. The molecule has 1 amide bonds. The molecule has 3 aromatic carbocycles. The highest BCUT2D eigenvalue weighted by molar-refractivity contribution is 14.1. The minimum Gasteiger partial charge on any atom is -0.279 e. The first kappa shape index (κ1) is 21.0. The summed E-state index contributed by atoms with van der Waals surface area (Å²) in [6.07, 6.45) is 1.18. The van der Waals surface area contributed by atoms with Crippen LogP contribution in [0.1, 0.15) is 15.9 Å². The van der Waals surface area contributed by atoms with Gasteiger partial charge in [-0.3, -0.25) is 9.69 Å². The lowest BCUT2D eigenvalue weighted by Gasteiger charge is -2.20. The number of aromatic nitrogens is 1. The number of amides is 1. The maximum atomic E-state index is 13.5. The van der Waals surface area contributed by atoms with Crippen molar-refractivity contribution in [1.29, 1.82) is 0 Å². The van der Waals surface area contributed by atoms with Gasteiger partial charge in [-0.25, -0.2) is 13.4 Å². The van der Waals surface area contributed by atoms with Gasteiger partial charge >= 0.3 is 0 Å². The molecule has 0 aliphatic rings. The van der Waals surface area contributed by atoms with E-state index in [4.69, 9.17) is 0 Å². The van der Waals surface area contributed by atoms with E-state index in [1.54, 1.807) is 29.2 Å². The molecule has 0 bridgehead atoms. The van der Waals surface area contributed by atoms with E-state index in [0.29, 0.717) is 22.8 Å². The summed E-state index contributed by atoms with van der Waals surface area (Å²) in [5, 5.41) is 0.532. The molecule has 1 aromatic heterocycles. The van der Waals surface area contributed by atoms with Gasteiger partial charge in [0, 0.05) is 9.83 Å². The van der Waals surface area contributed by atoms with Crippen LogP contribution in [0.25, 0.3) is 10.2 Å². The topological polar surface area (TPSA) is 67.3 Å². The summed E-state index contributed by atoms with van der Waals surface area (Å²) in [6, 6.07) is 22.0. The maximum Gasteiger partial charge on any atom is 0.261 e. The highest BCUT2D eigenvalue weighted by Gasteiger charge is 2.23. The summed E-state index contributed by atoms with van der Waals surface area (Å²) < 4.78 is 25.4. The van der Waals surface area contributed by atoms with Crippen molar-refractivity contribution < 1.29 is 13.2 Å². The van der Waals surface area contributed by atoms with Crippen LogP contribution in [0.5, 0.6) is 0 Å². The molecular weight excluding hydrogens is 531 g/mol. The van der Waals surface area contributed by atoms with Gasteiger partial charge in [0.15, 0.2) is 15.0 Å². The summed E-state index contributed by atoms with van der Waals surface area (Å²) >= 11 is 3.47. The van der Waals surface area contributed by atoms with Gasteiger partial charge in [-0.2, -0.15) is 0 Å². The second-order valence-corrected chi connectivity index (χ2v) is 10.9. The maximum absolute atomic E-state index is 13.5. The van der Waals surface area contributed by atoms with Crippen LogP contribution in [0.3, 0.4) is 0 Å². The zero-order valence-corrected chi connectivity index (χ0v) is 19.7. The molecule has 0 aliphatic carbocycles. The van der Waals surface area contributed by atoms with Crippen LogP contribution in [0.4, 0.5) is 5.13 Å². The van der Waals surface area contributed by atoms with Gasteiger partial charge in [-0.05, 0) is 58.5 Å². The normalized spacial score (nSPS) is 11.5. The summed E-state index contributed by atoms with van der Waals surface area (Å²) in [7, 11) is -3.32. The Morgan fingerprint density at radius 2 is 1.73 bits per heavy atom. The second kappa shape index (κ2) is 8.44. The number of anilines is 1. The Morgan fingerprint density at radius 1 is 1.03 bits per heavy atom. The number of sulfone groups is 1. The van der Waals surface area contributed by atoms with E-state index < -0.39 is 9.84 Å². The molecule has 5 nitrogen and oxygen atoms in total. The highest BCUT2D eigenvalue weighted by Crippen LogP contribution is 2.32. The second-order valence-electron chi connectivity index (χ2n) is 6.75. The molecule has 152 valence electrons. The number of thiazole rings is 1. The number of hydrogen-bond acceptors (Lipinski definition) is 5. The predicted molar refractivity (Wildman–Crippen MR) is 129 cm³/mol. The fourth-order valence-electron chi connectivity index (χ4n) is 3.01. The molecule has 1 heterocycles. The molecule has 0 saturated heterocycles. The third kappa shape index (κ3) is 4.40. The lowest BCUT2D eigenvalue weighted by Crippen LogP contribution is -2.30. The lowest BCUT2D eigenvalue weighted by atomic mass is 10.1. The molecule has 0 saturated carbocycles. The van der Waals surface area contributed by atoms with Gasteiger partial charge in [0.1, 0.15) is 0 Å². The largest absolute Gasteiger partial charge is 0.279 e. The SMILES string of the molecule is CS(=O)(=O)c1ccc2nc(N(Cc3ccccc3)C(=O)c3ccccc3I)sc2c1. The van der Waals surface area contributed by atoms with Crippen molar-refractivity contribution in [2.45, 2.75) is 11.4 Å². The first-order valence-corrected chi connectivity index (χ1v) is 12.8. The Bertz CT molecular complexity index is 1340. The Morgan fingerprint density at radius 3 is 2.43 bits per heavy atom. The number of fused-ring (bicyclic) bond motifs is 1. The van der Waals surface area contributed by atoms with Crippen molar-refractivity contribution in [3.05, 3.63) is 87.5 Å². The molecule has 0 spiro atoms. The van der Waals surface area contributed by atoms with Gasteiger partial charge < -0.3 is 0 Å². The molecular formula is C22H17IN2O3S2. The van der Waals surface area contributed by atoms with Crippen LogP contribution in [0.15, 0.2) is 77.7 Å². The summed E-state index contributed by atoms with van der Waals surface area (Å²) in [5.41, 5.74) is 2.24. The van der Waals surface area contributed by atoms with Crippen LogP contribution in [-0.2, 0) is 16.4 Å². The molecule has 0 N–H and O–H groups in total. The van der Waals surface area contributed by atoms with Crippen LogP contribution in [-0.4, -0.2) is 25.6 Å². The lowest BCUT2D eigenvalue weighted by molar-refractivity contribution is 0.0984.